The Morgan fingerprint density at radius 3 is 1.50 bits per heavy atom. The van der Waals surface area contributed by atoms with Crippen LogP contribution in [0.5, 0.6) is 0 Å². The van der Waals surface area contributed by atoms with Gasteiger partial charge in [-0.2, -0.15) is 11.6 Å². The summed E-state index contributed by atoms with van der Waals surface area (Å²) in [6.07, 6.45) is 11.9. The number of fused-ring (bicyclic) bond motifs is 3. The van der Waals surface area contributed by atoms with Gasteiger partial charge < -0.3 is 24.8 Å². The molecule has 6 rings (SSSR count). The van der Waals surface area contributed by atoms with Crippen LogP contribution >= 0.6 is 23.2 Å². The van der Waals surface area contributed by atoms with Crippen LogP contribution in [0.25, 0.3) is 21.5 Å². The van der Waals surface area contributed by atoms with Gasteiger partial charge in [0.2, 0.25) is 0 Å². The van der Waals surface area contributed by atoms with E-state index in [1.54, 1.807) is 0 Å². The van der Waals surface area contributed by atoms with Gasteiger partial charge in [-0.05, 0) is 10.8 Å². The van der Waals surface area contributed by atoms with E-state index in [1.165, 1.54) is 84.9 Å². The first-order chi connectivity index (χ1) is 23.4. The third kappa shape index (κ3) is 12.9. The molecule has 0 aliphatic heterocycles. The molecular formula is C47H54Cl4Zr-2. The zero-order valence-electron chi connectivity index (χ0n) is 32.5. The van der Waals surface area contributed by atoms with E-state index in [0.29, 0.717) is 11.3 Å². The number of benzene rings is 4. The van der Waals surface area contributed by atoms with E-state index in [9.17, 15) is 0 Å². The SMILES string of the molecule is CC(C)(C)c1ccc2[cH-]c3ccc(C(C)(C)C)cc3c2c1.CCCCC1[C-]=CC(C(C)(C)C)=C1.Clc1cccc([C](=[Zr+2])c2cccc(Cl)c2)c1.[Cl-].[Cl-]. The molecule has 0 aromatic heterocycles. The topological polar surface area (TPSA) is 0 Å². The number of rotatable bonds is 5. The maximum Gasteiger partial charge on any atom is -1.00 e. The Balaban J connectivity index is 0.000000273. The first-order valence-electron chi connectivity index (χ1n) is 17.9. The van der Waals surface area contributed by atoms with Crippen molar-refractivity contribution in [1.29, 1.82) is 0 Å². The number of halogens is 4. The average Bonchev–Trinajstić information content (AvgIpc) is 3.68. The smallest absolute Gasteiger partial charge is 1.00 e. The molecule has 1 aliphatic rings. The molecule has 5 heteroatoms. The summed E-state index contributed by atoms with van der Waals surface area (Å²) in [6.45, 7) is 22.7. The summed E-state index contributed by atoms with van der Waals surface area (Å²) in [4.78, 5) is 0. The van der Waals surface area contributed by atoms with Crippen LogP contribution < -0.4 is 24.8 Å². The van der Waals surface area contributed by atoms with Crippen LogP contribution in [0.3, 0.4) is 0 Å². The van der Waals surface area contributed by atoms with Crippen molar-refractivity contribution in [2.75, 3.05) is 0 Å². The summed E-state index contributed by atoms with van der Waals surface area (Å²) in [5.74, 6) is 0.592. The summed E-state index contributed by atoms with van der Waals surface area (Å²) < 4.78 is 1.26. The van der Waals surface area contributed by atoms with Crippen molar-refractivity contribution in [3.05, 3.63) is 147 Å². The van der Waals surface area contributed by atoms with Gasteiger partial charge in [0.25, 0.3) is 0 Å². The molecule has 1 atom stereocenters. The van der Waals surface area contributed by atoms with E-state index in [4.69, 9.17) is 23.2 Å². The van der Waals surface area contributed by atoms with E-state index in [2.05, 4.69) is 142 Å². The maximum absolute atomic E-state index is 5.98. The fourth-order valence-electron chi connectivity index (χ4n) is 5.95. The summed E-state index contributed by atoms with van der Waals surface area (Å²) in [5, 5.41) is 7.01. The van der Waals surface area contributed by atoms with Gasteiger partial charge in [0.05, 0.1) is 0 Å². The van der Waals surface area contributed by atoms with Crippen LogP contribution in [0.2, 0.25) is 10.0 Å². The fraction of sp³-hybridized carbons (Fsp3) is 0.362. The van der Waals surface area contributed by atoms with Gasteiger partial charge in [0.1, 0.15) is 0 Å². The molecule has 5 aromatic carbocycles. The van der Waals surface area contributed by atoms with Gasteiger partial charge in [-0.3, -0.25) is 6.08 Å². The Morgan fingerprint density at radius 2 is 1.13 bits per heavy atom. The van der Waals surface area contributed by atoms with Gasteiger partial charge >= 0.3 is 120 Å². The maximum atomic E-state index is 5.98. The molecule has 0 N–H and O–H groups in total. The molecule has 52 heavy (non-hydrogen) atoms. The minimum absolute atomic E-state index is 0. The molecule has 0 radical (unpaired) electrons. The third-order valence-corrected chi connectivity index (χ3v) is 11.1. The molecule has 0 amide bonds. The third-order valence-electron chi connectivity index (χ3n) is 9.23. The Hall–Kier alpha value is -1.86. The molecule has 0 spiro atoms. The van der Waals surface area contributed by atoms with E-state index in [1.807, 2.05) is 36.4 Å². The van der Waals surface area contributed by atoms with Crippen molar-refractivity contribution in [2.45, 2.75) is 99.3 Å². The zero-order chi connectivity index (χ0) is 36.9. The summed E-state index contributed by atoms with van der Waals surface area (Å²) in [5.41, 5.74) is 7.27. The molecular weight excluding hydrogens is 798 g/mol. The van der Waals surface area contributed by atoms with E-state index >= 15 is 0 Å². The second-order valence-corrected chi connectivity index (χ2v) is 18.7. The molecule has 0 nitrogen and oxygen atoms in total. The van der Waals surface area contributed by atoms with Crippen LogP contribution in [-0.2, 0) is 35.1 Å². The first kappa shape index (κ1) is 46.3. The van der Waals surface area contributed by atoms with E-state index < -0.39 is 0 Å². The van der Waals surface area contributed by atoms with Crippen molar-refractivity contribution >= 4 is 48.0 Å². The van der Waals surface area contributed by atoms with Crippen LogP contribution in [-0.4, -0.2) is 3.21 Å². The van der Waals surface area contributed by atoms with E-state index in [-0.39, 0.29) is 35.6 Å². The normalized spacial score (nSPS) is 14.0. The standard InChI is InChI=1S/C21H25.C13H8Cl2.C13H21.2ClH.Zr/c1-20(2,3)16-9-7-14-11-15-8-10-17(21(4,5)6)13-19(15)18(14)12-16;14-12-5-1-3-10(8-12)7-11-4-2-6-13(15)9-11;1-5-6-7-11-8-9-12(10-11)13(2,3)4;;;/h7-13H,1-6H3;1-6,8-9H;9-11H,5-7H2,1-4H3;2*1H;/q-1;;-1;;;+2/p-2. The van der Waals surface area contributed by atoms with Crippen LogP contribution in [0.15, 0.2) is 109 Å². The molecule has 5 aromatic rings. The first-order valence-corrected chi connectivity index (χ1v) is 19.9. The summed E-state index contributed by atoms with van der Waals surface area (Å²) >= 11 is 13.3. The predicted molar refractivity (Wildman–Crippen MR) is 219 cm³/mol. The van der Waals surface area contributed by atoms with Crippen LogP contribution in [0, 0.1) is 17.4 Å². The van der Waals surface area contributed by atoms with Crippen molar-refractivity contribution < 1.29 is 49.0 Å². The molecule has 276 valence electrons. The van der Waals surface area contributed by atoms with Gasteiger partial charge in [0, 0.05) is 0 Å². The number of allylic oxidation sites excluding steroid dienone is 4. The molecule has 0 saturated carbocycles. The average molecular weight is 852 g/mol. The predicted octanol–water partition coefficient (Wildman–Crippen LogP) is 8.56. The second-order valence-electron chi connectivity index (χ2n) is 16.6. The molecule has 0 fully saturated rings. The van der Waals surface area contributed by atoms with Gasteiger partial charge in [-0.1, -0.05) is 135 Å². The van der Waals surface area contributed by atoms with Crippen LogP contribution in [0.1, 0.15) is 111 Å². The minimum atomic E-state index is 0. The molecule has 1 aliphatic carbocycles. The molecule has 0 saturated heterocycles. The molecule has 1 unspecified atom stereocenters. The number of hydrogen-bond donors (Lipinski definition) is 0. The quantitative estimate of drug-likeness (QED) is 0.156. The van der Waals surface area contributed by atoms with E-state index in [0.717, 1.165) is 21.2 Å². The Bertz CT molecular complexity index is 1870. The largest absolute Gasteiger partial charge is 1.00 e. The molecule has 0 bridgehead atoms. The van der Waals surface area contributed by atoms with Crippen molar-refractivity contribution in [1.82, 2.24) is 0 Å². The van der Waals surface area contributed by atoms with Gasteiger partial charge in [-0.15, -0.1) is 39.7 Å². The fourth-order valence-corrected chi connectivity index (χ4v) is 7.10. The summed E-state index contributed by atoms with van der Waals surface area (Å²) in [7, 11) is 0. The van der Waals surface area contributed by atoms with Crippen molar-refractivity contribution in [3.8, 4) is 0 Å². The van der Waals surface area contributed by atoms with Crippen molar-refractivity contribution in [3.63, 3.8) is 0 Å². The minimum Gasteiger partial charge on any atom is -1.00 e. The Morgan fingerprint density at radius 1 is 0.673 bits per heavy atom. The van der Waals surface area contributed by atoms with Crippen LogP contribution in [0.4, 0.5) is 0 Å². The summed E-state index contributed by atoms with van der Waals surface area (Å²) in [6, 6.07) is 31.9. The number of unbranched alkanes of at least 4 members (excludes halogenated alkanes) is 1. The Labute approximate surface area is 352 Å². The second kappa shape index (κ2) is 19.6. The molecule has 0 heterocycles. The monoisotopic (exact) mass is 848 g/mol. The van der Waals surface area contributed by atoms with Gasteiger partial charge in [0.15, 0.2) is 0 Å². The van der Waals surface area contributed by atoms with Crippen molar-refractivity contribution in [2.24, 2.45) is 11.3 Å². The number of hydrogen-bond acceptors (Lipinski definition) is 0. The zero-order valence-corrected chi connectivity index (χ0v) is 38.0. The van der Waals surface area contributed by atoms with Gasteiger partial charge in [-0.25, -0.2) is 6.08 Å². The Kier molecular flexibility index (Phi) is 17.5.